The van der Waals surface area contributed by atoms with E-state index in [-0.39, 0.29) is 11.2 Å². The summed E-state index contributed by atoms with van der Waals surface area (Å²) >= 11 is 0. The maximum atomic E-state index is 12.2. The topological polar surface area (TPSA) is 65.7 Å². The van der Waals surface area contributed by atoms with Crippen LogP contribution < -0.4 is 10.2 Å². The molecule has 1 aromatic heterocycles. The van der Waals surface area contributed by atoms with E-state index in [1.807, 2.05) is 13.8 Å². The van der Waals surface area contributed by atoms with Crippen molar-refractivity contribution in [3.63, 3.8) is 0 Å². The molecule has 0 unspecified atom stereocenters. The summed E-state index contributed by atoms with van der Waals surface area (Å²) in [5, 5.41) is 0.428. The van der Waals surface area contributed by atoms with E-state index in [1.54, 1.807) is 14.0 Å². The van der Waals surface area contributed by atoms with E-state index in [0.717, 1.165) is 17.2 Å². The van der Waals surface area contributed by atoms with E-state index < -0.39 is 5.97 Å². The maximum Gasteiger partial charge on any atom is 0.374 e. The highest BCUT2D eigenvalue weighted by molar-refractivity contribution is 5.92. The molecule has 2 rings (SSSR count). The van der Waals surface area contributed by atoms with Gasteiger partial charge in [0.15, 0.2) is 5.43 Å². The van der Waals surface area contributed by atoms with Crippen molar-refractivity contribution in [2.45, 2.75) is 20.8 Å². The lowest BCUT2D eigenvalue weighted by Gasteiger charge is -2.14. The molecule has 5 heteroatoms. The molecule has 0 amide bonds. The van der Waals surface area contributed by atoms with Crippen molar-refractivity contribution >= 4 is 16.9 Å². The van der Waals surface area contributed by atoms with Crippen LogP contribution in [0.5, 0.6) is 5.75 Å². The summed E-state index contributed by atoms with van der Waals surface area (Å²) in [6.45, 7) is 5.50. The van der Waals surface area contributed by atoms with Gasteiger partial charge >= 0.3 is 5.97 Å². The van der Waals surface area contributed by atoms with Crippen LogP contribution in [0.25, 0.3) is 11.0 Å². The van der Waals surface area contributed by atoms with Gasteiger partial charge in [-0.2, -0.15) is 0 Å². The van der Waals surface area contributed by atoms with Gasteiger partial charge in [-0.25, -0.2) is 4.79 Å². The van der Waals surface area contributed by atoms with Gasteiger partial charge in [0, 0.05) is 11.6 Å². The Morgan fingerprint density at radius 2 is 1.75 bits per heavy atom. The van der Waals surface area contributed by atoms with Crippen LogP contribution in [0.2, 0.25) is 0 Å². The highest BCUT2D eigenvalue weighted by Gasteiger charge is 2.19. The molecular formula is C15H16O5. The molecule has 0 saturated carbocycles. The Morgan fingerprint density at radius 1 is 1.10 bits per heavy atom. The molecule has 106 valence electrons. The molecule has 0 bridgehead atoms. The number of ether oxygens (including phenoxy) is 2. The van der Waals surface area contributed by atoms with Crippen molar-refractivity contribution in [1.29, 1.82) is 0 Å². The van der Waals surface area contributed by atoms with E-state index in [9.17, 15) is 9.59 Å². The Hall–Kier alpha value is -2.30. The van der Waals surface area contributed by atoms with Crippen molar-refractivity contribution in [2.75, 3.05) is 14.2 Å². The monoisotopic (exact) mass is 276 g/mol. The van der Waals surface area contributed by atoms with Gasteiger partial charge in [0.2, 0.25) is 5.76 Å². The van der Waals surface area contributed by atoms with Crippen molar-refractivity contribution in [3.05, 3.63) is 38.7 Å². The number of fused-ring (bicyclic) bond motifs is 1. The van der Waals surface area contributed by atoms with Crippen molar-refractivity contribution < 1.29 is 18.7 Å². The quantitative estimate of drug-likeness (QED) is 0.788. The van der Waals surface area contributed by atoms with Gasteiger partial charge in [0.05, 0.1) is 19.6 Å². The first-order valence-electron chi connectivity index (χ1n) is 6.12. The van der Waals surface area contributed by atoms with Crippen molar-refractivity contribution in [1.82, 2.24) is 0 Å². The van der Waals surface area contributed by atoms with Crippen LogP contribution >= 0.6 is 0 Å². The summed E-state index contributed by atoms with van der Waals surface area (Å²) in [6.07, 6.45) is 0. The smallest absolute Gasteiger partial charge is 0.374 e. The van der Waals surface area contributed by atoms with Crippen LogP contribution in [0.4, 0.5) is 0 Å². The summed E-state index contributed by atoms with van der Waals surface area (Å²) in [5.74, 6) is -0.111. The van der Waals surface area contributed by atoms with Crippen molar-refractivity contribution in [3.8, 4) is 5.75 Å². The van der Waals surface area contributed by atoms with E-state index >= 15 is 0 Å². The molecule has 0 aliphatic heterocycles. The number of carbonyl (C=O) groups is 1. The number of esters is 1. The molecule has 0 radical (unpaired) electrons. The second kappa shape index (κ2) is 5.00. The lowest BCUT2D eigenvalue weighted by atomic mass is 9.99. The Balaban J connectivity index is 2.96. The fraction of sp³-hybridized carbons (Fsp3) is 0.333. The zero-order valence-electron chi connectivity index (χ0n) is 12.1. The van der Waals surface area contributed by atoms with E-state index in [4.69, 9.17) is 9.15 Å². The molecule has 0 N–H and O–H groups in total. The average molecular weight is 276 g/mol. The van der Waals surface area contributed by atoms with Gasteiger partial charge in [-0.15, -0.1) is 0 Å². The highest BCUT2D eigenvalue weighted by atomic mass is 16.5. The number of hydrogen-bond donors (Lipinski definition) is 0. The zero-order valence-corrected chi connectivity index (χ0v) is 12.1. The summed E-state index contributed by atoms with van der Waals surface area (Å²) in [7, 11) is 2.80. The molecule has 0 fully saturated rings. The minimum absolute atomic E-state index is 0.0999. The summed E-state index contributed by atoms with van der Waals surface area (Å²) in [6, 6.07) is 1.15. The predicted molar refractivity (Wildman–Crippen MR) is 74.6 cm³/mol. The molecule has 5 nitrogen and oxygen atoms in total. The third-order valence-corrected chi connectivity index (χ3v) is 3.50. The molecule has 1 aromatic carbocycles. The molecule has 0 saturated heterocycles. The van der Waals surface area contributed by atoms with Gasteiger partial charge in [-0.3, -0.25) is 4.79 Å². The van der Waals surface area contributed by atoms with E-state index in [2.05, 4.69) is 4.74 Å². The third kappa shape index (κ3) is 1.95. The Labute approximate surface area is 116 Å². The van der Waals surface area contributed by atoms with Crippen LogP contribution in [0.1, 0.15) is 27.2 Å². The molecule has 2 aromatic rings. The number of carbonyl (C=O) groups excluding carboxylic acids is 1. The Morgan fingerprint density at radius 3 is 2.30 bits per heavy atom. The maximum absolute atomic E-state index is 12.2. The summed E-state index contributed by atoms with van der Waals surface area (Å²) in [5.41, 5.74) is 2.46. The van der Waals surface area contributed by atoms with Crippen molar-refractivity contribution in [2.24, 2.45) is 0 Å². The van der Waals surface area contributed by atoms with Gasteiger partial charge in [0.1, 0.15) is 11.3 Å². The van der Waals surface area contributed by atoms with Crippen LogP contribution in [-0.4, -0.2) is 20.2 Å². The molecular weight excluding hydrogens is 260 g/mol. The zero-order chi connectivity index (χ0) is 15.0. The van der Waals surface area contributed by atoms with Gasteiger partial charge in [-0.05, 0) is 31.9 Å². The fourth-order valence-corrected chi connectivity index (χ4v) is 2.36. The van der Waals surface area contributed by atoms with Crippen LogP contribution in [0.3, 0.4) is 0 Å². The normalized spacial score (nSPS) is 10.7. The van der Waals surface area contributed by atoms with Gasteiger partial charge in [-0.1, -0.05) is 0 Å². The third-order valence-electron chi connectivity index (χ3n) is 3.50. The molecule has 1 heterocycles. The first-order valence-corrected chi connectivity index (χ1v) is 6.12. The first-order chi connectivity index (χ1) is 9.42. The van der Waals surface area contributed by atoms with Crippen LogP contribution in [0, 0.1) is 20.8 Å². The summed E-state index contributed by atoms with van der Waals surface area (Å²) < 4.78 is 15.5. The lowest BCUT2D eigenvalue weighted by Crippen LogP contribution is -2.11. The van der Waals surface area contributed by atoms with E-state index in [0.29, 0.717) is 22.3 Å². The second-order valence-electron chi connectivity index (χ2n) is 4.58. The van der Waals surface area contributed by atoms with Crippen LogP contribution in [-0.2, 0) is 4.74 Å². The van der Waals surface area contributed by atoms with Crippen LogP contribution in [0.15, 0.2) is 15.3 Å². The summed E-state index contributed by atoms with van der Waals surface area (Å²) in [4.78, 5) is 23.8. The SMILES string of the molecule is COC(=O)c1cc(=O)c2c(C)c(OC)c(C)c(C)c2o1. The minimum Gasteiger partial charge on any atom is -0.496 e. The first kappa shape index (κ1) is 14.1. The minimum atomic E-state index is -0.672. The lowest BCUT2D eigenvalue weighted by molar-refractivity contribution is 0.0565. The number of rotatable bonds is 2. The standard InChI is InChI=1S/C15H16O5/c1-7-8(2)14-12(9(3)13(7)18-4)10(16)6-11(20-14)15(17)19-5/h6H,1-5H3. The van der Waals surface area contributed by atoms with Gasteiger partial charge in [0.25, 0.3) is 0 Å². The average Bonchev–Trinajstić information content (AvgIpc) is 2.43. The number of aryl methyl sites for hydroxylation is 2. The Bertz CT molecular complexity index is 755. The molecule has 20 heavy (non-hydrogen) atoms. The largest absolute Gasteiger partial charge is 0.496 e. The molecule has 0 atom stereocenters. The highest BCUT2D eigenvalue weighted by Crippen LogP contribution is 2.33. The predicted octanol–water partition coefficient (Wildman–Crippen LogP) is 2.51. The van der Waals surface area contributed by atoms with Gasteiger partial charge < -0.3 is 13.9 Å². The Kier molecular flexibility index (Phi) is 3.53. The number of methoxy groups -OCH3 is 2. The molecule has 0 aliphatic carbocycles. The van der Waals surface area contributed by atoms with E-state index in [1.165, 1.54) is 7.11 Å². The second-order valence-corrected chi connectivity index (χ2v) is 4.58. The number of hydrogen-bond acceptors (Lipinski definition) is 5. The fourth-order valence-electron chi connectivity index (χ4n) is 2.36. The number of benzene rings is 1. The molecule has 0 spiro atoms. The molecule has 0 aliphatic rings.